The summed E-state index contributed by atoms with van der Waals surface area (Å²) in [6.45, 7) is 0. The van der Waals surface area contributed by atoms with Crippen molar-refractivity contribution < 1.29 is 0 Å². The largest absolute Gasteiger partial charge is 0.354 e. The van der Waals surface area contributed by atoms with E-state index in [4.69, 9.17) is 11.6 Å². The number of H-pyrrole nitrogens is 1. The van der Waals surface area contributed by atoms with E-state index < -0.39 is 5.41 Å². The average Bonchev–Trinajstić information content (AvgIpc) is 3.66. The van der Waals surface area contributed by atoms with Crippen LogP contribution in [0.2, 0.25) is 5.02 Å². The van der Waals surface area contributed by atoms with Gasteiger partial charge >= 0.3 is 0 Å². The van der Waals surface area contributed by atoms with Crippen LogP contribution in [0.25, 0.3) is 53.1 Å². The van der Waals surface area contributed by atoms with E-state index in [1.165, 1.54) is 69.8 Å². The van der Waals surface area contributed by atoms with Crippen molar-refractivity contribution in [1.82, 2.24) is 4.98 Å². The van der Waals surface area contributed by atoms with Gasteiger partial charge in [-0.1, -0.05) is 115 Å². The van der Waals surface area contributed by atoms with Crippen molar-refractivity contribution in [2.75, 3.05) is 0 Å². The second-order valence-corrected chi connectivity index (χ2v) is 12.1. The minimum absolute atomic E-state index is 0.547. The lowest BCUT2D eigenvalue weighted by atomic mass is 9.67. The summed E-state index contributed by atoms with van der Waals surface area (Å²) in [4.78, 5) is 3.93. The van der Waals surface area contributed by atoms with E-state index in [9.17, 15) is 0 Å². The molecule has 2 heterocycles. The van der Waals surface area contributed by atoms with Crippen LogP contribution in [0, 0.1) is 0 Å². The smallest absolute Gasteiger partial charge is 0.0734 e. The van der Waals surface area contributed by atoms with Crippen molar-refractivity contribution in [3.63, 3.8) is 0 Å². The Morgan fingerprint density at radius 1 is 0.625 bits per heavy atom. The molecule has 6 aromatic carbocycles. The fourth-order valence-electron chi connectivity index (χ4n) is 7.25. The number of rotatable bonds is 2. The highest BCUT2D eigenvalue weighted by Gasteiger charge is 2.49. The molecule has 40 heavy (non-hydrogen) atoms. The minimum Gasteiger partial charge on any atom is -0.354 e. The molecule has 0 fully saturated rings. The molecule has 0 spiro atoms. The van der Waals surface area contributed by atoms with Crippen molar-refractivity contribution in [1.29, 1.82) is 0 Å². The minimum atomic E-state index is -0.547. The van der Waals surface area contributed by atoms with E-state index in [0.717, 1.165) is 10.5 Å². The molecule has 0 aliphatic heterocycles. The van der Waals surface area contributed by atoms with Gasteiger partial charge < -0.3 is 4.98 Å². The van der Waals surface area contributed by atoms with E-state index >= 15 is 0 Å². The zero-order valence-corrected chi connectivity index (χ0v) is 23.0. The molecule has 0 saturated heterocycles. The van der Waals surface area contributed by atoms with Crippen LogP contribution in [0.5, 0.6) is 0 Å². The molecule has 3 heteroatoms. The molecule has 1 aliphatic carbocycles. The van der Waals surface area contributed by atoms with Crippen LogP contribution >= 0.6 is 22.9 Å². The number of nitrogens with one attached hydrogen (secondary N) is 1. The third-order valence-corrected chi connectivity index (χ3v) is 10.1. The highest BCUT2D eigenvalue weighted by atomic mass is 35.5. The van der Waals surface area contributed by atoms with E-state index in [1.807, 2.05) is 17.4 Å². The Bertz CT molecular complexity index is 2240. The van der Waals surface area contributed by atoms with Gasteiger partial charge in [-0.15, -0.1) is 11.3 Å². The van der Waals surface area contributed by atoms with Gasteiger partial charge in [0.25, 0.3) is 0 Å². The fourth-order valence-corrected chi connectivity index (χ4v) is 8.70. The second kappa shape index (κ2) is 8.08. The summed E-state index contributed by atoms with van der Waals surface area (Å²) in [5, 5.41) is 5.97. The maximum absolute atomic E-state index is 6.84. The zero-order chi connectivity index (χ0) is 26.4. The first-order chi connectivity index (χ1) is 19.8. The summed E-state index contributed by atoms with van der Waals surface area (Å²) in [7, 11) is 0. The molecule has 0 amide bonds. The highest BCUT2D eigenvalue weighted by molar-refractivity contribution is 7.27. The zero-order valence-electron chi connectivity index (χ0n) is 21.4. The predicted molar refractivity (Wildman–Crippen MR) is 171 cm³/mol. The van der Waals surface area contributed by atoms with Crippen LogP contribution in [-0.4, -0.2) is 4.98 Å². The summed E-state index contributed by atoms with van der Waals surface area (Å²) >= 11 is 8.74. The summed E-state index contributed by atoms with van der Waals surface area (Å²) in [6, 6.07) is 46.0. The molecule has 1 N–H and O–H groups in total. The number of para-hydroxylation sites is 1. The quantitative estimate of drug-likeness (QED) is 0.221. The highest BCUT2D eigenvalue weighted by Crippen LogP contribution is 2.62. The molecule has 0 unspecified atom stereocenters. The van der Waals surface area contributed by atoms with Crippen molar-refractivity contribution in [3.05, 3.63) is 155 Å². The third-order valence-electron chi connectivity index (χ3n) is 8.72. The first-order valence-corrected chi connectivity index (χ1v) is 14.8. The lowest BCUT2D eigenvalue weighted by Gasteiger charge is -2.34. The van der Waals surface area contributed by atoms with Gasteiger partial charge in [0.05, 0.1) is 10.9 Å². The van der Waals surface area contributed by atoms with E-state index in [-0.39, 0.29) is 0 Å². The molecule has 0 saturated carbocycles. The Labute approximate surface area is 240 Å². The first kappa shape index (κ1) is 22.4. The number of fused-ring (bicyclic) bond motifs is 12. The van der Waals surface area contributed by atoms with Crippen molar-refractivity contribution in [3.8, 4) is 11.1 Å². The van der Waals surface area contributed by atoms with Gasteiger partial charge in [0.15, 0.2) is 0 Å². The summed E-state index contributed by atoms with van der Waals surface area (Å²) < 4.78 is 2.65. The Morgan fingerprint density at radius 3 is 2.02 bits per heavy atom. The monoisotopic (exact) mass is 547 g/mol. The summed E-state index contributed by atoms with van der Waals surface area (Å²) in [5.41, 5.74) is 9.40. The fraction of sp³-hybridized carbons (Fsp3) is 0.0270. The Balaban J connectivity index is 1.65. The standard InChI is InChI=1S/C37H22ClNS/c38-24-19-20-25-28(21-24)37(22-11-3-1-4-12-22,23-13-5-2-6-14-23)34-31(25)32-27-16-8-10-18-30(27)40-36(32)33-26-15-7-9-17-29(26)39-35(33)34/h1-21,39H. The van der Waals surface area contributed by atoms with E-state index in [0.29, 0.717) is 0 Å². The maximum atomic E-state index is 6.84. The SMILES string of the molecule is Clc1ccc2c(c1)C(c1ccccc1)(c1ccccc1)c1c-2c2c3ccccc3sc2c2c1[nH]c1ccccc12. The van der Waals surface area contributed by atoms with Crippen molar-refractivity contribution >= 4 is 64.9 Å². The third kappa shape index (κ3) is 2.72. The van der Waals surface area contributed by atoms with Gasteiger partial charge in [0.2, 0.25) is 0 Å². The van der Waals surface area contributed by atoms with Crippen LogP contribution < -0.4 is 0 Å². The van der Waals surface area contributed by atoms with Gasteiger partial charge in [0, 0.05) is 47.0 Å². The number of thiophene rings is 1. The van der Waals surface area contributed by atoms with Crippen LogP contribution in [0.4, 0.5) is 0 Å². The number of benzene rings is 6. The molecule has 0 atom stereocenters. The number of halogens is 1. The van der Waals surface area contributed by atoms with E-state index in [1.54, 1.807) is 0 Å². The number of aromatic amines is 1. The van der Waals surface area contributed by atoms with Gasteiger partial charge in [0.1, 0.15) is 0 Å². The molecule has 0 bridgehead atoms. The topological polar surface area (TPSA) is 15.8 Å². The summed E-state index contributed by atoms with van der Waals surface area (Å²) in [6.07, 6.45) is 0. The molecular formula is C37H22ClNS. The van der Waals surface area contributed by atoms with Gasteiger partial charge in [-0.05, 0) is 52.1 Å². The summed E-state index contributed by atoms with van der Waals surface area (Å²) in [5.74, 6) is 0. The molecular weight excluding hydrogens is 526 g/mol. The van der Waals surface area contributed by atoms with Gasteiger partial charge in [-0.2, -0.15) is 0 Å². The molecule has 188 valence electrons. The lowest BCUT2D eigenvalue weighted by molar-refractivity contribution is 0.774. The molecule has 1 nitrogen and oxygen atoms in total. The number of hydrogen-bond donors (Lipinski definition) is 1. The molecule has 1 aliphatic rings. The number of hydrogen-bond acceptors (Lipinski definition) is 1. The van der Waals surface area contributed by atoms with Crippen molar-refractivity contribution in [2.24, 2.45) is 0 Å². The van der Waals surface area contributed by atoms with Crippen LogP contribution in [0.3, 0.4) is 0 Å². The predicted octanol–water partition coefficient (Wildman–Crippen LogP) is 10.7. The Hall–Kier alpha value is -4.37. The average molecular weight is 548 g/mol. The molecule has 9 rings (SSSR count). The lowest BCUT2D eigenvalue weighted by Crippen LogP contribution is -2.29. The second-order valence-electron chi connectivity index (χ2n) is 10.6. The maximum Gasteiger partial charge on any atom is 0.0734 e. The van der Waals surface area contributed by atoms with Crippen LogP contribution in [0.15, 0.2) is 127 Å². The Morgan fingerprint density at radius 2 is 1.27 bits per heavy atom. The molecule has 8 aromatic rings. The van der Waals surface area contributed by atoms with Crippen LogP contribution in [0.1, 0.15) is 22.3 Å². The van der Waals surface area contributed by atoms with Crippen molar-refractivity contribution in [2.45, 2.75) is 5.41 Å². The molecule has 2 aromatic heterocycles. The first-order valence-electron chi connectivity index (χ1n) is 13.6. The molecule has 0 radical (unpaired) electrons. The van der Waals surface area contributed by atoms with Crippen LogP contribution in [-0.2, 0) is 5.41 Å². The number of aromatic nitrogens is 1. The van der Waals surface area contributed by atoms with E-state index in [2.05, 4.69) is 126 Å². The normalized spacial score (nSPS) is 13.8. The van der Waals surface area contributed by atoms with Gasteiger partial charge in [-0.25, -0.2) is 0 Å². The van der Waals surface area contributed by atoms with Gasteiger partial charge in [-0.3, -0.25) is 0 Å². The Kier molecular flexibility index (Phi) is 4.53.